The lowest BCUT2D eigenvalue weighted by Gasteiger charge is -2.20. The van der Waals surface area contributed by atoms with Crippen molar-refractivity contribution in [1.29, 1.82) is 0 Å². The molecule has 0 heterocycles. The summed E-state index contributed by atoms with van der Waals surface area (Å²) in [6.07, 6.45) is 0. The second kappa shape index (κ2) is 8.51. The smallest absolute Gasteiger partial charge is 0.198 e. The highest BCUT2D eigenvalue weighted by atomic mass is 19.2. The average Bonchev–Trinajstić information content (AvgIpc) is 2.88. The number of hydrogen-bond acceptors (Lipinski definition) is 1. The molecule has 0 aromatic heterocycles. The quantitative estimate of drug-likeness (QED) is 0.104. The van der Waals surface area contributed by atoms with Gasteiger partial charge in [-0.1, -0.05) is 24.3 Å². The number of fused-ring (bicyclic) bond motifs is 2. The molecule has 0 aliphatic carbocycles. The number of hydrogen-bond donors (Lipinski definition) is 0. The molecule has 5 aromatic carbocycles. The summed E-state index contributed by atoms with van der Waals surface area (Å²) in [5, 5.41) is -2.34. The zero-order valence-electron chi connectivity index (χ0n) is 18.1. The predicted molar refractivity (Wildman–Crippen MR) is 119 cm³/mol. The van der Waals surface area contributed by atoms with E-state index in [0.29, 0.717) is 17.9 Å². The van der Waals surface area contributed by atoms with Crippen LogP contribution in [0.2, 0.25) is 0 Å². The van der Waals surface area contributed by atoms with Gasteiger partial charge in [-0.3, -0.25) is 0 Å². The highest BCUT2D eigenvalue weighted by molar-refractivity contribution is 6.21. The number of ether oxygens (including phenoxy) is 1. The molecule has 0 radical (unpaired) electrons. The van der Waals surface area contributed by atoms with Gasteiger partial charge in [-0.2, -0.15) is 0 Å². The Balaban J connectivity index is 2.11. The summed E-state index contributed by atoms with van der Waals surface area (Å²) < 4.78 is 122. The minimum atomic E-state index is -2.21. The summed E-state index contributed by atoms with van der Waals surface area (Å²) in [7, 11) is 1.39. The van der Waals surface area contributed by atoms with E-state index < -0.39 is 73.8 Å². The minimum Gasteiger partial charge on any atom is -0.497 e. The van der Waals surface area contributed by atoms with Gasteiger partial charge in [0.2, 0.25) is 0 Å². The fourth-order valence-electron chi connectivity index (χ4n) is 4.39. The van der Waals surface area contributed by atoms with Gasteiger partial charge in [0.25, 0.3) is 0 Å². The fraction of sp³-hybridized carbons (Fsp3) is 0.0370. The van der Waals surface area contributed by atoms with E-state index in [-0.39, 0.29) is 16.5 Å². The van der Waals surface area contributed by atoms with E-state index in [1.165, 1.54) is 43.5 Å². The van der Waals surface area contributed by atoms with Crippen LogP contribution in [0.1, 0.15) is 0 Å². The molecule has 5 aromatic rings. The van der Waals surface area contributed by atoms with Crippen LogP contribution in [0.4, 0.5) is 35.1 Å². The third-order valence-electron chi connectivity index (χ3n) is 5.95. The van der Waals surface area contributed by atoms with Crippen LogP contribution in [0.15, 0.2) is 54.6 Å². The maximum atomic E-state index is 15.4. The van der Waals surface area contributed by atoms with Gasteiger partial charge in [0.05, 0.1) is 7.11 Å². The Bertz CT molecular complexity index is 1670. The van der Waals surface area contributed by atoms with Gasteiger partial charge >= 0.3 is 0 Å². The Hall–Kier alpha value is -4.14. The minimum absolute atomic E-state index is 0.0999. The lowest BCUT2D eigenvalue weighted by Crippen LogP contribution is -2.04. The standard InChI is InChI=1S/C27H12F8O/c1-36-13-7-5-11(6-8-13)18-14-3-2-4-15(28)20(14)19(12-9-16(29)23(31)17(30)10-12)22-21(18)24(32)26(34)27(35)25(22)33/h2-10H,1H3. The Morgan fingerprint density at radius 3 is 1.61 bits per heavy atom. The van der Waals surface area contributed by atoms with Gasteiger partial charge in [-0.05, 0) is 46.8 Å². The van der Waals surface area contributed by atoms with Crippen molar-refractivity contribution in [2.45, 2.75) is 0 Å². The van der Waals surface area contributed by atoms with E-state index >= 15 is 13.2 Å². The highest BCUT2D eigenvalue weighted by Gasteiger charge is 2.30. The predicted octanol–water partition coefficient (Wildman–Crippen LogP) is 8.45. The Kier molecular flexibility index (Phi) is 5.58. The first kappa shape index (κ1) is 23.6. The van der Waals surface area contributed by atoms with Crippen LogP contribution < -0.4 is 4.74 Å². The molecule has 0 saturated heterocycles. The maximum absolute atomic E-state index is 15.4. The molecule has 0 saturated carbocycles. The first-order valence-electron chi connectivity index (χ1n) is 10.3. The summed E-state index contributed by atoms with van der Waals surface area (Å²) in [6, 6.07) is 10.1. The number of rotatable bonds is 3. The van der Waals surface area contributed by atoms with Gasteiger partial charge in [0.1, 0.15) is 11.6 Å². The van der Waals surface area contributed by atoms with Crippen molar-refractivity contribution in [2.24, 2.45) is 0 Å². The van der Waals surface area contributed by atoms with Crippen molar-refractivity contribution in [2.75, 3.05) is 7.11 Å². The highest BCUT2D eigenvalue weighted by Crippen LogP contribution is 2.47. The van der Waals surface area contributed by atoms with Crippen LogP contribution in [0, 0.1) is 46.5 Å². The third-order valence-corrected chi connectivity index (χ3v) is 5.95. The van der Waals surface area contributed by atoms with Crippen LogP contribution in [0.25, 0.3) is 43.8 Å². The number of methoxy groups -OCH3 is 1. The molecule has 0 atom stereocenters. The second-order valence-electron chi connectivity index (χ2n) is 7.90. The monoisotopic (exact) mass is 504 g/mol. The molecule has 0 amide bonds. The fourth-order valence-corrected chi connectivity index (χ4v) is 4.39. The average molecular weight is 504 g/mol. The molecule has 0 aliphatic rings. The molecule has 0 spiro atoms. The lowest BCUT2D eigenvalue weighted by atomic mass is 9.85. The van der Waals surface area contributed by atoms with E-state index in [1.54, 1.807) is 0 Å². The molecule has 9 heteroatoms. The van der Waals surface area contributed by atoms with E-state index in [2.05, 4.69) is 0 Å². The first-order valence-corrected chi connectivity index (χ1v) is 10.3. The van der Waals surface area contributed by atoms with Crippen LogP contribution >= 0.6 is 0 Å². The number of halogens is 8. The molecule has 0 N–H and O–H groups in total. The van der Waals surface area contributed by atoms with Crippen LogP contribution in [0.3, 0.4) is 0 Å². The molecule has 5 rings (SSSR count). The molecule has 36 heavy (non-hydrogen) atoms. The van der Waals surface area contributed by atoms with Crippen molar-refractivity contribution in [3.63, 3.8) is 0 Å². The van der Waals surface area contributed by atoms with E-state index in [0.717, 1.165) is 6.07 Å². The molecule has 0 bridgehead atoms. The van der Waals surface area contributed by atoms with E-state index in [1.807, 2.05) is 0 Å². The van der Waals surface area contributed by atoms with Gasteiger partial charge in [-0.25, -0.2) is 35.1 Å². The third kappa shape index (κ3) is 3.37. The molecular weight excluding hydrogens is 492 g/mol. The normalized spacial score (nSPS) is 11.5. The summed E-state index contributed by atoms with van der Waals surface area (Å²) in [4.78, 5) is 0. The van der Waals surface area contributed by atoms with Crippen molar-refractivity contribution in [3.05, 3.63) is 101 Å². The van der Waals surface area contributed by atoms with Gasteiger partial charge in [0, 0.05) is 27.3 Å². The van der Waals surface area contributed by atoms with Crippen molar-refractivity contribution in [1.82, 2.24) is 0 Å². The summed E-state index contributed by atoms with van der Waals surface area (Å²) >= 11 is 0. The van der Waals surface area contributed by atoms with Crippen molar-refractivity contribution in [3.8, 4) is 28.0 Å². The topological polar surface area (TPSA) is 9.23 Å². The SMILES string of the molecule is COc1ccc(-c2c3cccc(F)c3c(-c3cc(F)c(F)c(F)c3)c3c(F)c(F)c(F)c(F)c23)cc1. The summed E-state index contributed by atoms with van der Waals surface area (Å²) in [5.74, 6) is -14.0. The van der Waals surface area contributed by atoms with Gasteiger partial charge in [-0.15, -0.1) is 0 Å². The lowest BCUT2D eigenvalue weighted by molar-refractivity contribution is 0.415. The Labute approximate surface area is 198 Å². The first-order chi connectivity index (χ1) is 17.1. The molecule has 1 nitrogen and oxygen atoms in total. The van der Waals surface area contributed by atoms with E-state index in [9.17, 15) is 22.0 Å². The largest absolute Gasteiger partial charge is 0.497 e. The molecular formula is C27H12F8O. The van der Waals surface area contributed by atoms with Crippen molar-refractivity contribution < 1.29 is 39.9 Å². The Morgan fingerprint density at radius 2 is 1.06 bits per heavy atom. The van der Waals surface area contributed by atoms with Gasteiger partial charge < -0.3 is 4.74 Å². The summed E-state index contributed by atoms with van der Waals surface area (Å²) in [6.45, 7) is 0. The summed E-state index contributed by atoms with van der Waals surface area (Å²) in [5.41, 5.74) is -1.34. The zero-order valence-corrected chi connectivity index (χ0v) is 18.1. The maximum Gasteiger partial charge on any atom is 0.198 e. The second-order valence-corrected chi connectivity index (χ2v) is 7.90. The van der Waals surface area contributed by atoms with Crippen LogP contribution in [0.5, 0.6) is 5.75 Å². The number of benzene rings is 5. The Morgan fingerprint density at radius 1 is 0.500 bits per heavy atom. The molecule has 0 unspecified atom stereocenters. The zero-order chi connectivity index (χ0) is 25.9. The molecule has 182 valence electrons. The molecule has 0 fully saturated rings. The van der Waals surface area contributed by atoms with Crippen LogP contribution in [-0.4, -0.2) is 7.11 Å². The van der Waals surface area contributed by atoms with Crippen LogP contribution in [-0.2, 0) is 0 Å². The van der Waals surface area contributed by atoms with Gasteiger partial charge in [0.15, 0.2) is 40.7 Å². The molecule has 0 aliphatic heterocycles. The van der Waals surface area contributed by atoms with E-state index in [4.69, 9.17) is 4.74 Å². The van der Waals surface area contributed by atoms with Crippen molar-refractivity contribution >= 4 is 21.5 Å².